The number of benzene rings is 1. The van der Waals surface area contributed by atoms with Gasteiger partial charge in [-0.15, -0.1) is 11.3 Å². The largest absolute Gasteiger partial charge is 0.394 e. The number of carbonyl (C=O) groups is 1. The van der Waals surface area contributed by atoms with E-state index in [2.05, 4.69) is 42.2 Å². The molecule has 0 fully saturated rings. The number of aliphatic hydroxyl groups excluding tert-OH is 4. The van der Waals surface area contributed by atoms with E-state index in [1.165, 1.54) is 0 Å². The van der Waals surface area contributed by atoms with Crippen LogP contribution in [0.15, 0.2) is 24.3 Å². The van der Waals surface area contributed by atoms with E-state index in [-0.39, 0.29) is 4.88 Å². The summed E-state index contributed by atoms with van der Waals surface area (Å²) in [5, 5.41) is 41.0. The number of nitrogens with one attached hydrogen (secondary N) is 1. The maximum Gasteiger partial charge on any atom is 0.265 e. The van der Waals surface area contributed by atoms with E-state index in [1.54, 1.807) is 24.3 Å². The molecule has 26 heavy (non-hydrogen) atoms. The Labute approximate surface area is 174 Å². The van der Waals surface area contributed by atoms with E-state index in [4.69, 9.17) is 16.7 Å². The number of aromatic nitrogens is 1. The summed E-state index contributed by atoms with van der Waals surface area (Å²) in [5.41, 5.74) is 1.15. The van der Waals surface area contributed by atoms with Crippen LogP contribution >= 0.6 is 54.8 Å². The van der Waals surface area contributed by atoms with Gasteiger partial charge in [0.05, 0.1) is 12.3 Å². The van der Waals surface area contributed by atoms with Crippen molar-refractivity contribution < 1.29 is 25.2 Å². The Bertz CT molecular complexity index is 759. The van der Waals surface area contributed by atoms with Crippen LogP contribution in [-0.2, 0) is 0 Å². The standard InChI is InChI=1S/C15H15Br2ClN2O5S/c16-12(17)9-11(14(25)20-13(24)10(23)8(22)5-21)26-15(19-9)6-1-3-7(18)4-2-6/h1-4,8,10,12-13,21-24H,5H2,(H,20,25)/t8-,10-,13-/m1/s1. The lowest BCUT2D eigenvalue weighted by molar-refractivity contribution is -0.0833. The zero-order valence-corrected chi connectivity index (χ0v) is 17.8. The Hall–Kier alpha value is -0.590. The van der Waals surface area contributed by atoms with Crippen LogP contribution in [0.2, 0.25) is 5.02 Å². The quantitative estimate of drug-likeness (QED) is 0.276. The maximum absolute atomic E-state index is 12.5. The van der Waals surface area contributed by atoms with Gasteiger partial charge in [0.25, 0.3) is 5.91 Å². The fourth-order valence-electron chi connectivity index (χ4n) is 1.96. The molecular weight excluding hydrogens is 516 g/mol. The molecule has 7 nitrogen and oxygen atoms in total. The van der Waals surface area contributed by atoms with Crippen LogP contribution < -0.4 is 5.32 Å². The van der Waals surface area contributed by atoms with Gasteiger partial charge >= 0.3 is 0 Å². The minimum atomic E-state index is -1.76. The fraction of sp³-hybridized carbons (Fsp3) is 0.333. The third kappa shape index (κ3) is 5.23. The van der Waals surface area contributed by atoms with Crippen LogP contribution in [0.3, 0.4) is 0 Å². The van der Waals surface area contributed by atoms with Gasteiger partial charge in [-0.25, -0.2) is 4.98 Å². The van der Waals surface area contributed by atoms with E-state index >= 15 is 0 Å². The summed E-state index contributed by atoms with van der Waals surface area (Å²) in [4.78, 5) is 17.1. The van der Waals surface area contributed by atoms with Crippen molar-refractivity contribution in [3.63, 3.8) is 0 Å². The molecule has 0 spiro atoms. The number of aliphatic hydroxyl groups is 4. The lowest BCUT2D eigenvalue weighted by atomic mass is 10.2. The van der Waals surface area contributed by atoms with Gasteiger partial charge in [0.15, 0.2) is 6.23 Å². The molecule has 0 saturated heterocycles. The second-order valence-electron chi connectivity index (χ2n) is 5.20. The summed E-state index contributed by atoms with van der Waals surface area (Å²) >= 11 is 13.6. The summed E-state index contributed by atoms with van der Waals surface area (Å²) in [6, 6.07) is 6.93. The molecule has 0 saturated carbocycles. The third-order valence-corrected chi connectivity index (χ3v) is 5.58. The SMILES string of the molecule is O=C(N[C@H](O)[C@H](O)[C@H](O)CO)c1sc(-c2ccc(Cl)cc2)nc1C(Br)Br. The highest BCUT2D eigenvalue weighted by Gasteiger charge is 2.29. The monoisotopic (exact) mass is 528 g/mol. The molecule has 5 N–H and O–H groups in total. The number of carbonyl (C=O) groups excluding carboxylic acids is 1. The molecule has 0 bridgehead atoms. The van der Waals surface area contributed by atoms with Crippen LogP contribution in [0.5, 0.6) is 0 Å². The predicted molar refractivity (Wildman–Crippen MR) is 106 cm³/mol. The van der Waals surface area contributed by atoms with Crippen molar-refractivity contribution in [2.24, 2.45) is 0 Å². The Morgan fingerprint density at radius 3 is 2.38 bits per heavy atom. The first kappa shape index (κ1) is 21.7. The number of amides is 1. The van der Waals surface area contributed by atoms with Crippen molar-refractivity contribution in [3.05, 3.63) is 39.9 Å². The predicted octanol–water partition coefficient (Wildman–Crippen LogP) is 2.01. The molecule has 3 atom stereocenters. The Morgan fingerprint density at radius 1 is 1.23 bits per heavy atom. The first-order valence-corrected chi connectivity index (χ1v) is 10.3. The Balaban J connectivity index is 2.27. The molecule has 0 aliphatic carbocycles. The lowest BCUT2D eigenvalue weighted by Gasteiger charge is -2.22. The number of halogens is 3. The van der Waals surface area contributed by atoms with Gasteiger partial charge < -0.3 is 25.7 Å². The van der Waals surface area contributed by atoms with Crippen molar-refractivity contribution in [3.8, 4) is 10.6 Å². The van der Waals surface area contributed by atoms with Crippen molar-refractivity contribution in [2.75, 3.05) is 6.61 Å². The normalized spacial score (nSPS) is 14.9. The van der Waals surface area contributed by atoms with Crippen molar-refractivity contribution in [1.82, 2.24) is 10.3 Å². The molecule has 142 valence electrons. The molecule has 1 aromatic heterocycles. The summed E-state index contributed by atoms with van der Waals surface area (Å²) < 4.78 is -0.418. The average Bonchev–Trinajstić information content (AvgIpc) is 3.06. The highest BCUT2D eigenvalue weighted by Crippen LogP contribution is 2.37. The van der Waals surface area contributed by atoms with Crippen LogP contribution in [0.25, 0.3) is 10.6 Å². The molecular formula is C15H15Br2ClN2O5S. The van der Waals surface area contributed by atoms with Crippen LogP contribution in [0, 0.1) is 0 Å². The highest BCUT2D eigenvalue weighted by molar-refractivity contribution is 9.24. The molecule has 11 heteroatoms. The molecule has 1 aromatic carbocycles. The number of thiazole rings is 1. The molecule has 0 unspecified atom stereocenters. The smallest absolute Gasteiger partial charge is 0.265 e. The first-order valence-electron chi connectivity index (χ1n) is 7.25. The zero-order chi connectivity index (χ0) is 19.4. The third-order valence-electron chi connectivity index (χ3n) is 3.34. The van der Waals surface area contributed by atoms with Gasteiger partial charge in [0.2, 0.25) is 0 Å². The first-order chi connectivity index (χ1) is 12.2. The molecule has 1 amide bonds. The second-order valence-corrected chi connectivity index (χ2v) is 9.70. The summed E-state index contributed by atoms with van der Waals surface area (Å²) in [6.07, 6.45) is -5.08. The molecule has 1 heterocycles. The van der Waals surface area contributed by atoms with Crippen LogP contribution in [0.1, 0.15) is 19.1 Å². The highest BCUT2D eigenvalue weighted by atomic mass is 79.9. The molecule has 2 rings (SSSR count). The maximum atomic E-state index is 12.5. The van der Waals surface area contributed by atoms with Crippen molar-refractivity contribution in [1.29, 1.82) is 0 Å². The Kier molecular flexibility index (Phi) is 7.98. The number of hydrogen-bond acceptors (Lipinski definition) is 7. The minimum absolute atomic E-state index is 0.207. The number of rotatable bonds is 7. The van der Waals surface area contributed by atoms with Crippen LogP contribution in [-0.4, -0.2) is 56.4 Å². The fourth-order valence-corrected chi connectivity index (χ4v) is 4.06. The van der Waals surface area contributed by atoms with Gasteiger partial charge in [-0.2, -0.15) is 0 Å². The van der Waals surface area contributed by atoms with Crippen molar-refractivity contribution >= 4 is 60.7 Å². The molecule has 0 aliphatic rings. The van der Waals surface area contributed by atoms with E-state index in [1.807, 2.05) is 0 Å². The van der Waals surface area contributed by atoms with E-state index in [0.29, 0.717) is 15.7 Å². The van der Waals surface area contributed by atoms with Gasteiger partial charge in [-0.05, 0) is 12.1 Å². The van der Waals surface area contributed by atoms with Crippen LogP contribution in [0.4, 0.5) is 0 Å². The second kappa shape index (κ2) is 9.56. The van der Waals surface area contributed by atoms with Crippen molar-refractivity contribution in [2.45, 2.75) is 22.2 Å². The number of alkyl halides is 2. The van der Waals surface area contributed by atoms with E-state index in [9.17, 15) is 20.1 Å². The minimum Gasteiger partial charge on any atom is -0.394 e. The Morgan fingerprint density at radius 2 is 1.85 bits per heavy atom. The molecule has 2 aromatic rings. The molecule has 0 radical (unpaired) electrons. The molecule has 0 aliphatic heterocycles. The summed E-state index contributed by atoms with van der Waals surface area (Å²) in [5.74, 6) is -0.682. The van der Waals surface area contributed by atoms with Gasteiger partial charge in [0, 0.05) is 10.6 Å². The van der Waals surface area contributed by atoms with Gasteiger partial charge in [-0.3, -0.25) is 4.79 Å². The topological polar surface area (TPSA) is 123 Å². The van der Waals surface area contributed by atoms with E-state index in [0.717, 1.165) is 16.9 Å². The average molecular weight is 531 g/mol. The van der Waals surface area contributed by atoms with Gasteiger partial charge in [-0.1, -0.05) is 55.6 Å². The number of hydrogen-bond donors (Lipinski definition) is 5. The lowest BCUT2D eigenvalue weighted by Crippen LogP contribution is -2.49. The zero-order valence-electron chi connectivity index (χ0n) is 13.0. The van der Waals surface area contributed by atoms with Gasteiger partial charge in [0.1, 0.15) is 25.8 Å². The number of nitrogens with zero attached hydrogens (tertiary/aromatic N) is 1. The summed E-state index contributed by atoms with van der Waals surface area (Å²) in [6.45, 7) is -0.758. The van der Waals surface area contributed by atoms with E-state index < -0.39 is 34.7 Å². The summed E-state index contributed by atoms with van der Waals surface area (Å²) in [7, 11) is 0.